The number of sulfonamides is 1. The molecule has 7 heteroatoms. The molecule has 1 fully saturated rings. The summed E-state index contributed by atoms with van der Waals surface area (Å²) in [5, 5.41) is 1.06. The maximum atomic E-state index is 12.7. The third-order valence-electron chi connectivity index (χ3n) is 4.84. The predicted octanol–water partition coefficient (Wildman–Crippen LogP) is 1.89. The number of aromatic amines is 1. The lowest BCUT2D eigenvalue weighted by molar-refractivity contribution is 0.0698. The zero-order chi connectivity index (χ0) is 17.5. The van der Waals surface area contributed by atoms with Crippen LogP contribution in [0.1, 0.15) is 28.5 Å². The summed E-state index contributed by atoms with van der Waals surface area (Å²) in [6.45, 7) is 7.30. The van der Waals surface area contributed by atoms with E-state index in [4.69, 9.17) is 0 Å². The van der Waals surface area contributed by atoms with Crippen LogP contribution in [0.2, 0.25) is 0 Å². The molecule has 0 unspecified atom stereocenters. The van der Waals surface area contributed by atoms with Crippen LogP contribution in [0.15, 0.2) is 18.2 Å². The topological polar surface area (TPSA) is 73.5 Å². The Bertz CT molecular complexity index is 878. The van der Waals surface area contributed by atoms with Gasteiger partial charge in [0.2, 0.25) is 10.0 Å². The highest BCUT2D eigenvalue weighted by molar-refractivity contribution is 7.89. The van der Waals surface area contributed by atoms with Crippen molar-refractivity contribution in [3.05, 3.63) is 35.0 Å². The van der Waals surface area contributed by atoms with Crippen LogP contribution < -0.4 is 0 Å². The number of H-pyrrole nitrogens is 1. The molecule has 2 heterocycles. The minimum absolute atomic E-state index is 0.0382. The fourth-order valence-electron chi connectivity index (χ4n) is 3.13. The Labute approximate surface area is 142 Å². The highest BCUT2D eigenvalue weighted by atomic mass is 32.2. The SMILES string of the molecule is CCS(=O)(=O)N1CCN(C(=O)c2ccc3[nH]c(C)c(C)c3c2)CC1. The number of rotatable bonds is 3. The van der Waals surface area contributed by atoms with Crippen molar-refractivity contribution in [3.8, 4) is 0 Å². The number of piperazine rings is 1. The Morgan fingerprint density at radius 2 is 1.83 bits per heavy atom. The molecule has 1 aromatic carbocycles. The van der Waals surface area contributed by atoms with E-state index in [9.17, 15) is 13.2 Å². The lowest BCUT2D eigenvalue weighted by Gasteiger charge is -2.33. The number of carbonyl (C=O) groups excluding carboxylic acids is 1. The van der Waals surface area contributed by atoms with Crippen LogP contribution in [0.5, 0.6) is 0 Å². The largest absolute Gasteiger partial charge is 0.358 e. The number of hydrogen-bond donors (Lipinski definition) is 1. The van der Waals surface area contributed by atoms with Crippen LogP contribution in [0, 0.1) is 13.8 Å². The van der Waals surface area contributed by atoms with Crippen molar-refractivity contribution >= 4 is 26.8 Å². The highest BCUT2D eigenvalue weighted by Gasteiger charge is 2.28. The Morgan fingerprint density at radius 3 is 2.46 bits per heavy atom. The van der Waals surface area contributed by atoms with Gasteiger partial charge in [-0.15, -0.1) is 0 Å². The lowest BCUT2D eigenvalue weighted by Crippen LogP contribution is -2.50. The summed E-state index contributed by atoms with van der Waals surface area (Å²) in [6, 6.07) is 5.68. The molecule has 1 aromatic heterocycles. The fraction of sp³-hybridized carbons (Fsp3) is 0.471. The quantitative estimate of drug-likeness (QED) is 0.920. The van der Waals surface area contributed by atoms with Gasteiger partial charge in [-0.05, 0) is 44.5 Å². The number of fused-ring (bicyclic) bond motifs is 1. The van der Waals surface area contributed by atoms with Gasteiger partial charge in [0.1, 0.15) is 0 Å². The smallest absolute Gasteiger partial charge is 0.253 e. The highest BCUT2D eigenvalue weighted by Crippen LogP contribution is 2.23. The van der Waals surface area contributed by atoms with Crippen LogP contribution >= 0.6 is 0 Å². The molecule has 1 N–H and O–H groups in total. The molecule has 1 amide bonds. The van der Waals surface area contributed by atoms with Gasteiger partial charge >= 0.3 is 0 Å². The number of nitrogens with zero attached hydrogens (tertiary/aromatic N) is 2. The van der Waals surface area contributed by atoms with E-state index in [0.717, 1.165) is 22.2 Å². The van der Waals surface area contributed by atoms with E-state index < -0.39 is 10.0 Å². The number of amides is 1. The molecule has 1 saturated heterocycles. The van der Waals surface area contributed by atoms with Crippen LogP contribution in [-0.4, -0.2) is 60.4 Å². The predicted molar refractivity (Wildman–Crippen MR) is 94.7 cm³/mol. The Balaban J connectivity index is 1.77. The van der Waals surface area contributed by atoms with Gasteiger partial charge in [-0.25, -0.2) is 8.42 Å². The summed E-state index contributed by atoms with van der Waals surface area (Å²) in [7, 11) is -3.18. The molecule has 24 heavy (non-hydrogen) atoms. The molecule has 130 valence electrons. The second-order valence-electron chi connectivity index (χ2n) is 6.23. The van der Waals surface area contributed by atoms with Crippen molar-refractivity contribution in [1.29, 1.82) is 0 Å². The van der Waals surface area contributed by atoms with E-state index in [1.54, 1.807) is 11.8 Å². The van der Waals surface area contributed by atoms with E-state index in [-0.39, 0.29) is 11.7 Å². The summed E-state index contributed by atoms with van der Waals surface area (Å²) in [4.78, 5) is 17.8. The first kappa shape index (κ1) is 17.0. The third kappa shape index (κ3) is 2.93. The van der Waals surface area contributed by atoms with Crippen molar-refractivity contribution in [2.75, 3.05) is 31.9 Å². The molecule has 0 aliphatic carbocycles. The number of benzene rings is 1. The van der Waals surface area contributed by atoms with Crippen molar-refractivity contribution in [2.45, 2.75) is 20.8 Å². The second kappa shape index (κ2) is 6.22. The number of carbonyl (C=O) groups is 1. The fourth-order valence-corrected chi connectivity index (χ4v) is 4.21. The summed E-state index contributed by atoms with van der Waals surface area (Å²) in [6.07, 6.45) is 0. The summed E-state index contributed by atoms with van der Waals surface area (Å²) < 4.78 is 25.3. The second-order valence-corrected chi connectivity index (χ2v) is 8.48. The summed E-state index contributed by atoms with van der Waals surface area (Å²) in [5.41, 5.74) is 3.93. The van der Waals surface area contributed by atoms with Crippen LogP contribution in [0.3, 0.4) is 0 Å². The molecule has 6 nitrogen and oxygen atoms in total. The maximum absolute atomic E-state index is 12.7. The molecule has 2 aromatic rings. The zero-order valence-corrected chi connectivity index (χ0v) is 15.1. The van der Waals surface area contributed by atoms with Gasteiger partial charge in [-0.2, -0.15) is 4.31 Å². The van der Waals surface area contributed by atoms with E-state index in [2.05, 4.69) is 4.98 Å². The van der Waals surface area contributed by atoms with Gasteiger partial charge in [-0.3, -0.25) is 4.79 Å². The normalized spacial score (nSPS) is 16.7. The molecule has 0 spiro atoms. The van der Waals surface area contributed by atoms with Crippen molar-refractivity contribution in [2.24, 2.45) is 0 Å². The average molecular weight is 349 g/mol. The molecule has 0 bridgehead atoms. The lowest BCUT2D eigenvalue weighted by atomic mass is 10.1. The number of hydrogen-bond acceptors (Lipinski definition) is 3. The molecular formula is C17H23N3O3S. The first-order valence-corrected chi connectivity index (χ1v) is 9.80. The maximum Gasteiger partial charge on any atom is 0.253 e. The van der Waals surface area contributed by atoms with Gasteiger partial charge < -0.3 is 9.88 Å². The van der Waals surface area contributed by atoms with Crippen LogP contribution in [0.4, 0.5) is 0 Å². The van der Waals surface area contributed by atoms with Gasteiger partial charge in [0.15, 0.2) is 0 Å². The number of aromatic nitrogens is 1. The molecule has 0 atom stereocenters. The van der Waals surface area contributed by atoms with Crippen LogP contribution in [0.25, 0.3) is 10.9 Å². The number of aryl methyl sites for hydroxylation is 2. The van der Waals surface area contributed by atoms with Gasteiger partial charge in [0.05, 0.1) is 5.75 Å². The minimum Gasteiger partial charge on any atom is -0.358 e. The molecule has 0 radical (unpaired) electrons. The summed E-state index contributed by atoms with van der Waals surface area (Å²) >= 11 is 0. The van der Waals surface area contributed by atoms with E-state index in [1.165, 1.54) is 4.31 Å². The number of nitrogens with one attached hydrogen (secondary N) is 1. The van der Waals surface area contributed by atoms with Crippen LogP contribution in [-0.2, 0) is 10.0 Å². The molecular weight excluding hydrogens is 326 g/mol. The van der Waals surface area contributed by atoms with Gasteiger partial charge in [0, 0.05) is 48.3 Å². The van der Waals surface area contributed by atoms with Gasteiger partial charge in [0.25, 0.3) is 5.91 Å². The molecule has 0 saturated carbocycles. The third-order valence-corrected chi connectivity index (χ3v) is 6.72. The molecule has 1 aliphatic rings. The zero-order valence-electron chi connectivity index (χ0n) is 14.3. The first-order valence-electron chi connectivity index (χ1n) is 8.19. The molecule has 3 rings (SSSR count). The van der Waals surface area contributed by atoms with Crippen molar-refractivity contribution in [1.82, 2.24) is 14.2 Å². The minimum atomic E-state index is -3.18. The Morgan fingerprint density at radius 1 is 1.17 bits per heavy atom. The average Bonchev–Trinajstić information content (AvgIpc) is 2.88. The first-order chi connectivity index (χ1) is 11.3. The van der Waals surface area contributed by atoms with E-state index in [1.807, 2.05) is 32.0 Å². The monoisotopic (exact) mass is 349 g/mol. The summed E-state index contributed by atoms with van der Waals surface area (Å²) in [5.74, 6) is 0.0627. The van der Waals surface area contributed by atoms with E-state index >= 15 is 0 Å². The van der Waals surface area contributed by atoms with Crippen molar-refractivity contribution in [3.63, 3.8) is 0 Å². The van der Waals surface area contributed by atoms with E-state index in [0.29, 0.717) is 31.7 Å². The Kier molecular flexibility index (Phi) is 4.40. The molecule has 1 aliphatic heterocycles. The van der Waals surface area contributed by atoms with Crippen molar-refractivity contribution < 1.29 is 13.2 Å². The standard InChI is InChI=1S/C17H23N3O3S/c1-4-24(22,23)20-9-7-19(8-10-20)17(21)14-5-6-16-15(11-14)12(2)13(3)18-16/h5-6,11,18H,4,7-10H2,1-3H3. The Hall–Kier alpha value is -1.86. The van der Waals surface area contributed by atoms with Gasteiger partial charge in [-0.1, -0.05) is 0 Å².